The number of benzene rings is 1. The third-order valence-electron chi connectivity index (χ3n) is 2.29. The Morgan fingerprint density at radius 2 is 2.12 bits per heavy atom. The summed E-state index contributed by atoms with van der Waals surface area (Å²) in [4.78, 5) is 0. The molecule has 1 aromatic carbocycles. The van der Waals surface area contributed by atoms with Gasteiger partial charge in [-0.15, -0.1) is 0 Å². The van der Waals surface area contributed by atoms with E-state index in [0.29, 0.717) is 17.4 Å². The van der Waals surface area contributed by atoms with Crippen LogP contribution in [0, 0.1) is 5.82 Å². The lowest BCUT2D eigenvalue weighted by Crippen LogP contribution is -1.92. The fourth-order valence-corrected chi connectivity index (χ4v) is 2.74. The molecule has 0 saturated carbocycles. The van der Waals surface area contributed by atoms with Crippen LogP contribution in [0.4, 0.5) is 4.39 Å². The molecule has 2 aromatic rings. The van der Waals surface area contributed by atoms with E-state index in [9.17, 15) is 12.8 Å². The minimum atomic E-state index is -3.94. The molecule has 1 aromatic heterocycles. The highest BCUT2D eigenvalue weighted by molar-refractivity contribution is 8.13. The summed E-state index contributed by atoms with van der Waals surface area (Å²) in [6.07, 6.45) is 0.444. The van der Waals surface area contributed by atoms with Crippen LogP contribution in [-0.2, 0) is 15.5 Å². The van der Waals surface area contributed by atoms with Crippen molar-refractivity contribution in [2.45, 2.75) is 18.4 Å². The highest BCUT2D eigenvalue weighted by Crippen LogP contribution is 2.31. The van der Waals surface area contributed by atoms with Crippen molar-refractivity contribution in [3.05, 3.63) is 29.6 Å². The van der Waals surface area contributed by atoms with Crippen LogP contribution < -0.4 is 0 Å². The fraction of sp³-hybridized carbons (Fsp3) is 0.200. The predicted octanol–water partition coefficient (Wildman–Crippen LogP) is 3.06. The largest absolute Gasteiger partial charge is 0.443 e. The Kier molecular flexibility index (Phi) is 2.67. The summed E-state index contributed by atoms with van der Waals surface area (Å²) in [7, 11) is 1.30. The molecule has 0 N–H and O–H groups in total. The van der Waals surface area contributed by atoms with Gasteiger partial charge < -0.3 is 4.42 Å². The van der Waals surface area contributed by atoms with E-state index in [1.807, 2.05) is 0 Å². The van der Waals surface area contributed by atoms with Gasteiger partial charge in [-0.3, -0.25) is 0 Å². The van der Waals surface area contributed by atoms with Crippen molar-refractivity contribution >= 4 is 30.7 Å². The van der Waals surface area contributed by atoms with E-state index in [1.54, 1.807) is 6.92 Å². The van der Waals surface area contributed by atoms with Crippen LogP contribution in [0.25, 0.3) is 11.0 Å². The Bertz CT molecular complexity index is 645. The van der Waals surface area contributed by atoms with Crippen molar-refractivity contribution in [1.29, 1.82) is 0 Å². The van der Waals surface area contributed by atoms with Crippen LogP contribution in [0.3, 0.4) is 0 Å². The highest BCUT2D eigenvalue weighted by Gasteiger charge is 2.23. The lowest BCUT2D eigenvalue weighted by Gasteiger charge is -1.94. The van der Waals surface area contributed by atoms with Gasteiger partial charge in [0.25, 0.3) is 9.05 Å². The number of fused-ring (bicyclic) bond motifs is 1. The van der Waals surface area contributed by atoms with Gasteiger partial charge >= 0.3 is 0 Å². The van der Waals surface area contributed by atoms with Crippen LogP contribution in [0.15, 0.2) is 27.7 Å². The van der Waals surface area contributed by atoms with E-state index in [-0.39, 0.29) is 10.7 Å². The first-order valence-electron chi connectivity index (χ1n) is 4.59. The lowest BCUT2D eigenvalue weighted by molar-refractivity contribution is 0.479. The van der Waals surface area contributed by atoms with Gasteiger partial charge in [-0.2, -0.15) is 0 Å². The van der Waals surface area contributed by atoms with Gasteiger partial charge in [0, 0.05) is 27.7 Å². The number of aryl methyl sites for hydroxylation is 1. The molecular formula is C10H8ClFO3S. The number of rotatable bonds is 2. The maximum Gasteiger partial charge on any atom is 0.294 e. The smallest absolute Gasteiger partial charge is 0.294 e. The third kappa shape index (κ3) is 1.81. The van der Waals surface area contributed by atoms with Crippen molar-refractivity contribution < 1.29 is 17.2 Å². The van der Waals surface area contributed by atoms with E-state index in [0.717, 1.165) is 6.07 Å². The van der Waals surface area contributed by atoms with Crippen molar-refractivity contribution in [2.24, 2.45) is 0 Å². The normalized spacial score (nSPS) is 12.2. The second-order valence-corrected chi connectivity index (χ2v) is 5.77. The molecule has 0 aliphatic carbocycles. The van der Waals surface area contributed by atoms with Crippen molar-refractivity contribution in [3.63, 3.8) is 0 Å². The molecule has 0 spiro atoms. The van der Waals surface area contributed by atoms with Gasteiger partial charge in [0.15, 0.2) is 0 Å². The van der Waals surface area contributed by atoms with Crippen molar-refractivity contribution in [3.8, 4) is 0 Å². The molecule has 0 atom stereocenters. The molecule has 0 aliphatic heterocycles. The molecule has 86 valence electrons. The SMILES string of the molecule is CCc1c(S(=O)(=O)Cl)oc2cc(F)ccc12. The number of hydrogen-bond acceptors (Lipinski definition) is 3. The average molecular weight is 263 g/mol. The quantitative estimate of drug-likeness (QED) is 0.782. The predicted molar refractivity (Wildman–Crippen MR) is 58.6 cm³/mol. The zero-order valence-electron chi connectivity index (χ0n) is 8.33. The molecule has 1 heterocycles. The van der Waals surface area contributed by atoms with E-state index in [1.165, 1.54) is 12.1 Å². The Hall–Kier alpha value is -1.07. The first-order valence-corrected chi connectivity index (χ1v) is 6.90. The molecule has 2 rings (SSSR count). The van der Waals surface area contributed by atoms with Gasteiger partial charge in [0.05, 0.1) is 0 Å². The van der Waals surface area contributed by atoms with Crippen molar-refractivity contribution in [1.82, 2.24) is 0 Å². The molecular weight excluding hydrogens is 255 g/mol. The molecule has 0 aliphatic rings. The lowest BCUT2D eigenvalue weighted by atomic mass is 10.1. The van der Waals surface area contributed by atoms with Gasteiger partial charge in [0.1, 0.15) is 11.4 Å². The monoisotopic (exact) mass is 262 g/mol. The Labute approximate surface area is 96.2 Å². The van der Waals surface area contributed by atoms with Crippen LogP contribution in [0.5, 0.6) is 0 Å². The van der Waals surface area contributed by atoms with Gasteiger partial charge in [-0.25, -0.2) is 12.8 Å². The maximum atomic E-state index is 12.9. The Morgan fingerprint density at radius 3 is 2.69 bits per heavy atom. The van der Waals surface area contributed by atoms with E-state index in [4.69, 9.17) is 15.1 Å². The minimum absolute atomic E-state index is 0.191. The molecule has 6 heteroatoms. The fourth-order valence-electron chi connectivity index (χ4n) is 1.63. The number of halogens is 2. The Balaban J connectivity index is 2.86. The van der Waals surface area contributed by atoms with Gasteiger partial charge in [-0.05, 0) is 18.6 Å². The van der Waals surface area contributed by atoms with Crippen molar-refractivity contribution in [2.75, 3.05) is 0 Å². The second kappa shape index (κ2) is 3.75. The highest BCUT2D eigenvalue weighted by atomic mass is 35.7. The molecule has 0 bridgehead atoms. The van der Waals surface area contributed by atoms with Crippen LogP contribution in [0.1, 0.15) is 12.5 Å². The van der Waals surface area contributed by atoms with Gasteiger partial charge in [0.2, 0.25) is 5.09 Å². The van der Waals surface area contributed by atoms with Crippen LogP contribution in [0.2, 0.25) is 0 Å². The summed E-state index contributed by atoms with van der Waals surface area (Å²) >= 11 is 0. The summed E-state index contributed by atoms with van der Waals surface area (Å²) in [5, 5.41) is 0.278. The second-order valence-electron chi connectivity index (χ2n) is 3.30. The molecule has 0 unspecified atom stereocenters. The summed E-state index contributed by atoms with van der Waals surface area (Å²) < 4.78 is 40.5. The molecule has 0 amide bonds. The molecule has 0 saturated heterocycles. The number of furan rings is 1. The topological polar surface area (TPSA) is 47.3 Å². The molecule has 0 radical (unpaired) electrons. The summed E-state index contributed by atoms with van der Waals surface area (Å²) in [6.45, 7) is 1.78. The average Bonchev–Trinajstić information content (AvgIpc) is 2.54. The summed E-state index contributed by atoms with van der Waals surface area (Å²) in [5.41, 5.74) is 0.668. The summed E-state index contributed by atoms with van der Waals surface area (Å²) in [5.74, 6) is -0.484. The molecule has 0 fully saturated rings. The molecule has 3 nitrogen and oxygen atoms in total. The first kappa shape index (κ1) is 11.4. The van der Waals surface area contributed by atoms with E-state index in [2.05, 4.69) is 0 Å². The van der Waals surface area contributed by atoms with Crippen LogP contribution >= 0.6 is 10.7 Å². The molecule has 16 heavy (non-hydrogen) atoms. The maximum absolute atomic E-state index is 12.9. The zero-order valence-corrected chi connectivity index (χ0v) is 9.90. The standard InChI is InChI=1S/C10H8ClFO3S/c1-2-7-8-4-3-6(12)5-9(8)15-10(7)16(11,13)14/h3-5H,2H2,1H3. The first-order chi connectivity index (χ1) is 7.43. The van der Waals surface area contributed by atoms with Gasteiger partial charge in [-0.1, -0.05) is 6.92 Å². The minimum Gasteiger partial charge on any atom is -0.443 e. The van der Waals surface area contributed by atoms with E-state index < -0.39 is 14.9 Å². The summed E-state index contributed by atoms with van der Waals surface area (Å²) in [6, 6.07) is 3.88. The Morgan fingerprint density at radius 1 is 1.44 bits per heavy atom. The van der Waals surface area contributed by atoms with E-state index >= 15 is 0 Å². The zero-order chi connectivity index (χ0) is 11.9. The number of hydrogen-bond donors (Lipinski definition) is 0. The third-order valence-corrected chi connectivity index (χ3v) is 3.49. The van der Waals surface area contributed by atoms with Crippen LogP contribution in [-0.4, -0.2) is 8.42 Å².